The summed E-state index contributed by atoms with van der Waals surface area (Å²) < 4.78 is 7.24. The molecule has 3 aromatic carbocycles. The number of halogens is 2. The summed E-state index contributed by atoms with van der Waals surface area (Å²) in [5, 5.41) is 17.5. The van der Waals surface area contributed by atoms with Crippen LogP contribution in [0.1, 0.15) is 55.0 Å². The molecule has 38 heavy (non-hydrogen) atoms. The maximum atomic E-state index is 13.5. The van der Waals surface area contributed by atoms with Crippen LogP contribution in [0.3, 0.4) is 0 Å². The van der Waals surface area contributed by atoms with Crippen LogP contribution in [-0.4, -0.2) is 20.8 Å². The fourth-order valence-electron chi connectivity index (χ4n) is 4.73. The minimum absolute atomic E-state index is 0.0212. The molecule has 8 nitrogen and oxygen atoms in total. The van der Waals surface area contributed by atoms with Crippen LogP contribution in [0.25, 0.3) is 10.9 Å². The lowest BCUT2D eigenvalue weighted by molar-refractivity contribution is -0.385. The molecule has 5 rings (SSSR count). The lowest BCUT2D eigenvalue weighted by Crippen LogP contribution is -2.25. The van der Waals surface area contributed by atoms with E-state index in [1.54, 1.807) is 42.5 Å². The molecular weight excluding hydrogens is 527 g/mol. The Labute approximate surface area is 228 Å². The number of nitro benzene ring substituents is 1. The van der Waals surface area contributed by atoms with Gasteiger partial charge in [0.2, 0.25) is 5.75 Å². The van der Waals surface area contributed by atoms with Crippen molar-refractivity contribution in [3.8, 4) is 5.75 Å². The summed E-state index contributed by atoms with van der Waals surface area (Å²) in [7, 11) is 0. The van der Waals surface area contributed by atoms with E-state index in [2.05, 4.69) is 5.10 Å². The summed E-state index contributed by atoms with van der Waals surface area (Å²) in [6.07, 6.45) is 6.56. The van der Waals surface area contributed by atoms with Gasteiger partial charge in [0.1, 0.15) is 12.4 Å². The molecule has 0 saturated heterocycles. The predicted octanol–water partition coefficient (Wildman–Crippen LogP) is 7.12. The van der Waals surface area contributed by atoms with Gasteiger partial charge in [-0.2, -0.15) is 9.78 Å². The fraction of sp³-hybridized carbons (Fsp3) is 0.250. The molecule has 194 valence electrons. The van der Waals surface area contributed by atoms with Gasteiger partial charge in [-0.25, -0.2) is 4.98 Å². The van der Waals surface area contributed by atoms with Crippen LogP contribution in [0.2, 0.25) is 10.0 Å². The molecule has 1 fully saturated rings. The monoisotopic (exact) mass is 550 g/mol. The highest BCUT2D eigenvalue weighted by molar-refractivity contribution is 6.42. The predicted molar refractivity (Wildman–Crippen MR) is 149 cm³/mol. The molecule has 0 aliphatic heterocycles. The molecule has 0 spiro atoms. The van der Waals surface area contributed by atoms with Crippen LogP contribution >= 0.6 is 23.2 Å². The normalized spacial score (nSPS) is 14.3. The van der Waals surface area contributed by atoms with E-state index in [4.69, 9.17) is 32.9 Å². The van der Waals surface area contributed by atoms with Gasteiger partial charge in [-0.3, -0.25) is 14.9 Å². The standard InChI is InChI=1S/C28H24Cl2N4O4/c29-22-14-13-18(15-23(22)30)17-38-26-20(9-6-12-25(26)34(36)37)16-31-33-27(19-7-2-1-3-8-19)32-24-11-5-4-10-21(24)28(33)35/h4-6,9-16,19H,1-3,7-8,17H2. The van der Waals surface area contributed by atoms with Crippen LogP contribution in [0.5, 0.6) is 5.75 Å². The van der Waals surface area contributed by atoms with Gasteiger partial charge in [0.15, 0.2) is 0 Å². The molecule has 4 aromatic rings. The molecule has 0 radical (unpaired) electrons. The SMILES string of the molecule is O=c1c2ccccc2nc(C2CCCCC2)n1N=Cc1cccc([N+](=O)[O-])c1OCc1ccc(Cl)c(Cl)c1. The smallest absolute Gasteiger partial charge is 0.311 e. The van der Waals surface area contributed by atoms with Crippen molar-refractivity contribution in [1.29, 1.82) is 0 Å². The van der Waals surface area contributed by atoms with Crippen LogP contribution in [0.4, 0.5) is 5.69 Å². The van der Waals surface area contributed by atoms with E-state index >= 15 is 0 Å². The van der Waals surface area contributed by atoms with Crippen LogP contribution < -0.4 is 10.3 Å². The Bertz CT molecular complexity index is 1600. The van der Waals surface area contributed by atoms with Gasteiger partial charge in [-0.05, 0) is 48.7 Å². The van der Waals surface area contributed by atoms with E-state index in [1.807, 2.05) is 12.1 Å². The van der Waals surface area contributed by atoms with Gasteiger partial charge in [0.25, 0.3) is 5.56 Å². The average Bonchev–Trinajstić information content (AvgIpc) is 2.93. The topological polar surface area (TPSA) is 99.6 Å². The minimum Gasteiger partial charge on any atom is -0.481 e. The molecule has 0 bridgehead atoms. The van der Waals surface area contributed by atoms with Crippen molar-refractivity contribution in [2.75, 3.05) is 0 Å². The first-order chi connectivity index (χ1) is 18.4. The third-order valence-electron chi connectivity index (χ3n) is 6.65. The first-order valence-electron chi connectivity index (χ1n) is 12.3. The van der Waals surface area contributed by atoms with Crippen LogP contribution in [-0.2, 0) is 6.61 Å². The Hall–Kier alpha value is -3.75. The number of ether oxygens (including phenoxy) is 1. The highest BCUT2D eigenvalue weighted by Gasteiger charge is 2.23. The van der Waals surface area contributed by atoms with Gasteiger partial charge >= 0.3 is 5.69 Å². The Morgan fingerprint density at radius 2 is 1.84 bits per heavy atom. The second-order valence-corrected chi connectivity index (χ2v) is 9.99. The maximum Gasteiger partial charge on any atom is 0.311 e. The third kappa shape index (κ3) is 5.42. The van der Waals surface area contributed by atoms with E-state index in [0.717, 1.165) is 32.1 Å². The van der Waals surface area contributed by atoms with Crippen molar-refractivity contribution in [1.82, 2.24) is 9.66 Å². The van der Waals surface area contributed by atoms with Crippen molar-refractivity contribution in [3.63, 3.8) is 0 Å². The second-order valence-electron chi connectivity index (χ2n) is 9.17. The van der Waals surface area contributed by atoms with E-state index in [9.17, 15) is 14.9 Å². The lowest BCUT2D eigenvalue weighted by atomic mass is 9.88. The van der Waals surface area contributed by atoms with Gasteiger partial charge in [-0.15, -0.1) is 0 Å². The van der Waals surface area contributed by atoms with Crippen molar-refractivity contribution in [2.45, 2.75) is 44.6 Å². The van der Waals surface area contributed by atoms with Gasteiger partial charge < -0.3 is 4.74 Å². The quantitative estimate of drug-likeness (QED) is 0.138. The highest BCUT2D eigenvalue weighted by atomic mass is 35.5. The summed E-state index contributed by atoms with van der Waals surface area (Å²) in [6.45, 7) is 0.0212. The van der Waals surface area contributed by atoms with E-state index in [0.29, 0.717) is 37.9 Å². The van der Waals surface area contributed by atoms with Crippen LogP contribution in [0.15, 0.2) is 70.6 Å². The Morgan fingerprint density at radius 1 is 1.05 bits per heavy atom. The number of hydrogen-bond acceptors (Lipinski definition) is 6. The van der Waals surface area contributed by atoms with Gasteiger partial charge in [0, 0.05) is 17.5 Å². The maximum absolute atomic E-state index is 13.5. The van der Waals surface area contributed by atoms with Crippen molar-refractivity contribution < 1.29 is 9.66 Å². The molecule has 0 atom stereocenters. The molecule has 1 heterocycles. The first-order valence-corrected chi connectivity index (χ1v) is 13.1. The zero-order chi connectivity index (χ0) is 26.6. The van der Waals surface area contributed by atoms with E-state index in [-0.39, 0.29) is 29.5 Å². The number of para-hydroxylation sites is 2. The molecule has 1 aliphatic rings. The van der Waals surface area contributed by atoms with E-state index < -0.39 is 4.92 Å². The van der Waals surface area contributed by atoms with Gasteiger partial charge in [0.05, 0.1) is 32.1 Å². The third-order valence-corrected chi connectivity index (χ3v) is 7.39. The van der Waals surface area contributed by atoms with Crippen molar-refractivity contribution in [3.05, 3.63) is 108 Å². The zero-order valence-corrected chi connectivity index (χ0v) is 21.9. The van der Waals surface area contributed by atoms with Crippen LogP contribution in [0, 0.1) is 10.1 Å². The lowest BCUT2D eigenvalue weighted by Gasteiger charge is -2.22. The molecular formula is C28H24Cl2N4O4. The molecule has 1 saturated carbocycles. The molecule has 0 unspecified atom stereocenters. The minimum atomic E-state index is -0.515. The zero-order valence-electron chi connectivity index (χ0n) is 20.3. The highest BCUT2D eigenvalue weighted by Crippen LogP contribution is 2.33. The number of fused-ring (bicyclic) bond motifs is 1. The summed E-state index contributed by atoms with van der Waals surface area (Å²) in [5.74, 6) is 0.746. The number of aromatic nitrogens is 2. The van der Waals surface area contributed by atoms with Gasteiger partial charge in [-0.1, -0.05) is 66.7 Å². The fourth-order valence-corrected chi connectivity index (χ4v) is 5.05. The molecule has 10 heteroatoms. The number of hydrogen-bond donors (Lipinski definition) is 0. The summed E-state index contributed by atoms with van der Waals surface area (Å²) in [4.78, 5) is 29.6. The summed E-state index contributed by atoms with van der Waals surface area (Å²) >= 11 is 12.1. The average molecular weight is 551 g/mol. The van der Waals surface area contributed by atoms with Crippen molar-refractivity contribution in [2.24, 2.45) is 5.10 Å². The Balaban J connectivity index is 1.56. The largest absolute Gasteiger partial charge is 0.481 e. The Morgan fingerprint density at radius 3 is 2.61 bits per heavy atom. The molecule has 1 aliphatic carbocycles. The number of nitrogens with zero attached hydrogens (tertiary/aromatic N) is 4. The Kier molecular flexibility index (Phi) is 7.72. The first kappa shape index (κ1) is 25.9. The number of rotatable bonds is 7. The summed E-state index contributed by atoms with van der Waals surface area (Å²) in [5.41, 5.74) is 1.18. The molecule has 0 N–H and O–H groups in total. The summed E-state index contributed by atoms with van der Waals surface area (Å²) in [6, 6.07) is 16.8. The second kappa shape index (κ2) is 11.3. The number of benzene rings is 3. The van der Waals surface area contributed by atoms with Crippen molar-refractivity contribution >= 4 is 46.0 Å². The molecule has 0 amide bonds. The van der Waals surface area contributed by atoms with E-state index in [1.165, 1.54) is 17.0 Å². The number of nitro groups is 1. The molecule has 1 aromatic heterocycles.